The van der Waals surface area contributed by atoms with Gasteiger partial charge >= 0.3 is 18.2 Å². The van der Waals surface area contributed by atoms with Gasteiger partial charge in [0.2, 0.25) is 0 Å². The van der Waals surface area contributed by atoms with Gasteiger partial charge in [-0.2, -0.15) is 4.90 Å². The van der Waals surface area contributed by atoms with Gasteiger partial charge in [-0.25, -0.2) is 14.4 Å². The van der Waals surface area contributed by atoms with Crippen LogP contribution in [0.1, 0.15) is 54.0 Å². The number of hydrogen-bond acceptors (Lipinski definition) is 8. The van der Waals surface area contributed by atoms with Crippen molar-refractivity contribution in [1.29, 1.82) is 0 Å². The Balaban J connectivity index is 1.88. The summed E-state index contributed by atoms with van der Waals surface area (Å²) in [6.45, 7) is 11.2. The van der Waals surface area contributed by atoms with Crippen LogP contribution in [-0.4, -0.2) is 70.8 Å². The molecule has 1 fully saturated rings. The van der Waals surface area contributed by atoms with Gasteiger partial charge in [0, 0.05) is 5.92 Å². The van der Waals surface area contributed by atoms with Crippen molar-refractivity contribution < 1.29 is 38.4 Å². The second kappa shape index (κ2) is 11.7. The number of fused-ring (bicyclic) bond motifs is 1. The van der Waals surface area contributed by atoms with Gasteiger partial charge in [-0.15, -0.1) is 0 Å². The first-order valence-electron chi connectivity index (χ1n) is 12.8. The topological polar surface area (TPSA) is 112 Å². The molecule has 208 valence electrons. The van der Waals surface area contributed by atoms with Gasteiger partial charge in [-0.1, -0.05) is 42.5 Å². The molecule has 0 radical (unpaired) electrons. The fourth-order valence-electron chi connectivity index (χ4n) is 4.28. The lowest BCUT2D eigenvalue weighted by atomic mass is 9.89. The summed E-state index contributed by atoms with van der Waals surface area (Å²) in [5.41, 5.74) is -0.851. The zero-order valence-corrected chi connectivity index (χ0v) is 23.2. The van der Waals surface area contributed by atoms with Crippen molar-refractivity contribution in [3.8, 4) is 0 Å². The normalized spacial score (nSPS) is 23.0. The number of esters is 1. The highest BCUT2D eigenvalue weighted by Gasteiger charge is 2.43. The summed E-state index contributed by atoms with van der Waals surface area (Å²) in [7, 11) is 0. The van der Waals surface area contributed by atoms with E-state index in [1.54, 1.807) is 48.5 Å². The van der Waals surface area contributed by atoms with Crippen LogP contribution < -0.4 is 0 Å². The van der Waals surface area contributed by atoms with Gasteiger partial charge in [-0.05, 0) is 71.2 Å². The van der Waals surface area contributed by atoms with Crippen LogP contribution in [0.5, 0.6) is 0 Å². The van der Waals surface area contributed by atoms with E-state index in [9.17, 15) is 19.5 Å². The summed E-state index contributed by atoms with van der Waals surface area (Å²) in [5, 5.41) is 13.3. The number of aliphatic hydroxyl groups is 1. The lowest BCUT2D eigenvalue weighted by molar-refractivity contribution is -0.160. The fourth-order valence-corrected chi connectivity index (χ4v) is 4.28. The van der Waals surface area contributed by atoms with E-state index in [1.807, 2.05) is 42.5 Å². The van der Waals surface area contributed by atoms with E-state index >= 15 is 0 Å². The Morgan fingerprint density at radius 3 is 2.13 bits per heavy atom. The third kappa shape index (κ3) is 7.68. The Kier molecular flexibility index (Phi) is 9.05. The number of aliphatic hydroxyl groups excluding tert-OH is 1. The maximum Gasteiger partial charge on any atom is 0.420 e. The summed E-state index contributed by atoms with van der Waals surface area (Å²) in [4.78, 5) is 40.0. The molecule has 1 aliphatic heterocycles. The third-order valence-electron chi connectivity index (χ3n) is 6.00. The SMILES string of the molecule is CC1OC(=O)C(N(C(=O)OC(C)(C)C)C(=O)OC(C)(C)C)COCC(Cc2cccc3ccccc23)C1O. The smallest absolute Gasteiger partial charge is 0.420 e. The number of imide groups is 1. The standard InChI is InChI=1S/C29H39NO8/c1-18-24(31)21(15-20-13-10-12-19-11-8-9-14-22(19)20)16-35-17-23(25(32)36-18)30(26(33)37-28(2,3)4)27(34)38-29(5,6)7/h8-14,18,21,23-24,31H,15-17H2,1-7H3. The van der Waals surface area contributed by atoms with E-state index in [0.717, 1.165) is 16.3 Å². The number of carbonyl (C=O) groups is 3. The minimum absolute atomic E-state index is 0.0678. The molecule has 1 heterocycles. The molecular weight excluding hydrogens is 490 g/mol. The van der Waals surface area contributed by atoms with Crippen molar-refractivity contribution >= 4 is 28.9 Å². The first-order valence-corrected chi connectivity index (χ1v) is 12.8. The highest BCUT2D eigenvalue weighted by atomic mass is 16.6. The summed E-state index contributed by atoms with van der Waals surface area (Å²) < 4.78 is 22.2. The second-order valence-corrected chi connectivity index (χ2v) is 11.6. The zero-order chi connectivity index (χ0) is 28.3. The summed E-state index contributed by atoms with van der Waals surface area (Å²) in [6, 6.07) is 12.5. The predicted molar refractivity (Wildman–Crippen MR) is 142 cm³/mol. The van der Waals surface area contributed by atoms with Crippen LogP contribution >= 0.6 is 0 Å². The van der Waals surface area contributed by atoms with Gasteiger partial charge in [0.25, 0.3) is 0 Å². The number of benzene rings is 2. The van der Waals surface area contributed by atoms with Gasteiger partial charge in [0.15, 0.2) is 6.04 Å². The number of hydrogen-bond donors (Lipinski definition) is 1. The highest BCUT2D eigenvalue weighted by molar-refractivity contribution is 5.94. The summed E-state index contributed by atoms with van der Waals surface area (Å²) in [6.07, 6.45) is -3.62. The molecule has 4 unspecified atom stereocenters. The molecule has 1 N–H and O–H groups in total. The van der Waals surface area contributed by atoms with Crippen LogP contribution in [0.25, 0.3) is 10.8 Å². The first-order chi connectivity index (χ1) is 17.7. The van der Waals surface area contributed by atoms with E-state index in [4.69, 9.17) is 18.9 Å². The average Bonchev–Trinajstić information content (AvgIpc) is 2.83. The molecule has 2 aromatic rings. The van der Waals surface area contributed by atoms with E-state index in [2.05, 4.69) is 0 Å². The van der Waals surface area contributed by atoms with Gasteiger partial charge in [0.05, 0.1) is 19.3 Å². The van der Waals surface area contributed by atoms with Crippen molar-refractivity contribution in [3.05, 3.63) is 48.0 Å². The maximum atomic E-state index is 13.2. The van der Waals surface area contributed by atoms with Crippen molar-refractivity contribution in [2.24, 2.45) is 5.92 Å². The lowest BCUT2D eigenvalue weighted by Gasteiger charge is -2.32. The zero-order valence-electron chi connectivity index (χ0n) is 23.2. The number of carbonyl (C=O) groups excluding carboxylic acids is 3. The van der Waals surface area contributed by atoms with E-state index in [0.29, 0.717) is 11.3 Å². The Bertz CT molecular complexity index is 1120. The number of ether oxygens (including phenoxy) is 4. The van der Waals surface area contributed by atoms with Crippen molar-refractivity contribution in [2.75, 3.05) is 13.2 Å². The lowest BCUT2D eigenvalue weighted by Crippen LogP contribution is -2.54. The van der Waals surface area contributed by atoms with E-state index in [-0.39, 0.29) is 13.2 Å². The van der Waals surface area contributed by atoms with Crippen LogP contribution in [0.2, 0.25) is 0 Å². The largest absolute Gasteiger partial charge is 0.458 e. The van der Waals surface area contributed by atoms with E-state index in [1.165, 1.54) is 0 Å². The molecule has 0 aromatic heterocycles. The van der Waals surface area contributed by atoms with Crippen molar-refractivity contribution in [1.82, 2.24) is 4.90 Å². The van der Waals surface area contributed by atoms with Crippen LogP contribution in [-0.2, 0) is 30.2 Å². The third-order valence-corrected chi connectivity index (χ3v) is 6.00. The molecule has 0 saturated carbocycles. The summed E-state index contributed by atoms with van der Waals surface area (Å²) in [5.74, 6) is -1.32. The maximum absolute atomic E-state index is 13.2. The highest BCUT2D eigenvalue weighted by Crippen LogP contribution is 2.26. The number of amides is 2. The van der Waals surface area contributed by atoms with E-state index < -0.39 is 53.5 Å². The van der Waals surface area contributed by atoms with Gasteiger partial charge in [0.1, 0.15) is 17.3 Å². The Morgan fingerprint density at radius 2 is 1.53 bits per heavy atom. The van der Waals surface area contributed by atoms with Crippen LogP contribution in [0.4, 0.5) is 9.59 Å². The van der Waals surface area contributed by atoms with Crippen molar-refractivity contribution in [2.45, 2.75) is 84.3 Å². The monoisotopic (exact) mass is 529 g/mol. The predicted octanol–water partition coefficient (Wildman–Crippen LogP) is 4.86. The van der Waals surface area contributed by atoms with Crippen molar-refractivity contribution in [3.63, 3.8) is 0 Å². The molecule has 2 amide bonds. The molecule has 0 aliphatic carbocycles. The minimum atomic E-state index is -1.47. The molecule has 4 atom stereocenters. The fraction of sp³-hybridized carbons (Fsp3) is 0.552. The van der Waals surface area contributed by atoms with Crippen LogP contribution in [0.15, 0.2) is 42.5 Å². The summed E-state index contributed by atoms with van der Waals surface area (Å²) >= 11 is 0. The van der Waals surface area contributed by atoms with Gasteiger partial charge in [-0.3, -0.25) is 0 Å². The molecule has 3 rings (SSSR count). The molecular formula is C29H39NO8. The van der Waals surface area contributed by atoms with Gasteiger partial charge < -0.3 is 24.1 Å². The molecule has 2 aromatic carbocycles. The quantitative estimate of drug-likeness (QED) is 0.443. The average molecular weight is 530 g/mol. The van der Waals surface area contributed by atoms with Crippen LogP contribution in [0, 0.1) is 5.92 Å². The molecule has 0 spiro atoms. The number of rotatable bonds is 3. The Labute approximate surface area is 224 Å². The minimum Gasteiger partial charge on any atom is -0.458 e. The number of nitrogens with zero attached hydrogens (tertiary/aromatic N) is 1. The Hall–Kier alpha value is -3.17. The molecule has 9 heteroatoms. The molecule has 9 nitrogen and oxygen atoms in total. The van der Waals surface area contributed by atoms with Crippen LogP contribution in [0.3, 0.4) is 0 Å². The molecule has 38 heavy (non-hydrogen) atoms. The molecule has 1 aliphatic rings. The molecule has 1 saturated heterocycles. The first kappa shape index (κ1) is 29.4. The second-order valence-electron chi connectivity index (χ2n) is 11.6. The molecule has 0 bridgehead atoms. The Morgan fingerprint density at radius 1 is 0.947 bits per heavy atom. The number of cyclic esters (lactones) is 1.